The summed E-state index contributed by atoms with van der Waals surface area (Å²) in [5.74, 6) is -1.48. The molecule has 0 saturated carbocycles. The van der Waals surface area contributed by atoms with Gasteiger partial charge in [0, 0.05) is 18.7 Å². The molecule has 1 aliphatic rings. The second-order valence-electron chi connectivity index (χ2n) is 4.70. The molecule has 0 atom stereocenters. The number of hydrogen-bond acceptors (Lipinski definition) is 3. The summed E-state index contributed by atoms with van der Waals surface area (Å²) in [5, 5.41) is 0. The summed E-state index contributed by atoms with van der Waals surface area (Å²) in [6.07, 6.45) is -2.72. The van der Waals surface area contributed by atoms with Crippen LogP contribution >= 0.6 is 0 Å². The number of benzene rings is 1. The Bertz CT molecular complexity index is 657. The van der Waals surface area contributed by atoms with Crippen LogP contribution in [-0.4, -0.2) is 28.9 Å². The van der Waals surface area contributed by atoms with Crippen molar-refractivity contribution in [1.29, 1.82) is 0 Å². The van der Waals surface area contributed by atoms with Crippen LogP contribution in [0.4, 0.5) is 13.2 Å². The molecular formula is C13H11F3N2O2. The van der Waals surface area contributed by atoms with E-state index in [0.717, 1.165) is 12.8 Å². The fourth-order valence-corrected chi connectivity index (χ4v) is 2.28. The summed E-state index contributed by atoms with van der Waals surface area (Å²) in [4.78, 5) is 17.2. The summed E-state index contributed by atoms with van der Waals surface area (Å²) >= 11 is 0. The molecule has 106 valence electrons. The molecular weight excluding hydrogens is 273 g/mol. The Morgan fingerprint density at radius 2 is 1.95 bits per heavy atom. The molecule has 0 unspecified atom stereocenters. The Kier molecular flexibility index (Phi) is 2.92. The third-order valence-electron chi connectivity index (χ3n) is 3.27. The van der Waals surface area contributed by atoms with E-state index in [9.17, 15) is 18.0 Å². The van der Waals surface area contributed by atoms with Gasteiger partial charge in [0.15, 0.2) is 5.58 Å². The topological polar surface area (TPSA) is 46.3 Å². The van der Waals surface area contributed by atoms with Crippen molar-refractivity contribution >= 4 is 17.0 Å². The zero-order valence-corrected chi connectivity index (χ0v) is 10.4. The van der Waals surface area contributed by atoms with Crippen molar-refractivity contribution in [3.05, 3.63) is 29.7 Å². The summed E-state index contributed by atoms with van der Waals surface area (Å²) in [5.41, 5.74) is 0.391. The highest BCUT2D eigenvalue weighted by atomic mass is 19.4. The van der Waals surface area contributed by atoms with Gasteiger partial charge in [0.1, 0.15) is 5.52 Å². The molecule has 1 fully saturated rings. The first-order chi connectivity index (χ1) is 9.45. The normalized spacial score (nSPS) is 16.1. The largest absolute Gasteiger partial charge is 0.468 e. The zero-order valence-electron chi connectivity index (χ0n) is 10.4. The van der Waals surface area contributed by atoms with Crippen molar-refractivity contribution in [1.82, 2.24) is 9.88 Å². The molecule has 20 heavy (non-hydrogen) atoms. The Morgan fingerprint density at radius 1 is 1.25 bits per heavy atom. The van der Waals surface area contributed by atoms with E-state index in [0.29, 0.717) is 18.7 Å². The molecule has 0 bridgehead atoms. The van der Waals surface area contributed by atoms with Gasteiger partial charge >= 0.3 is 12.1 Å². The smallest absolute Gasteiger partial charge is 0.433 e. The number of halogens is 3. The van der Waals surface area contributed by atoms with Crippen molar-refractivity contribution in [2.45, 2.75) is 19.0 Å². The molecule has 1 saturated heterocycles. The van der Waals surface area contributed by atoms with Gasteiger partial charge in [-0.2, -0.15) is 13.2 Å². The number of carbonyl (C=O) groups excluding carboxylic acids is 1. The van der Waals surface area contributed by atoms with Crippen LogP contribution in [0.3, 0.4) is 0 Å². The van der Waals surface area contributed by atoms with Crippen LogP contribution < -0.4 is 0 Å². The number of amides is 1. The summed E-state index contributed by atoms with van der Waals surface area (Å²) in [6, 6.07) is 4.17. The van der Waals surface area contributed by atoms with Gasteiger partial charge < -0.3 is 9.32 Å². The average molecular weight is 284 g/mol. The lowest BCUT2D eigenvalue weighted by Gasteiger charge is -2.14. The quantitative estimate of drug-likeness (QED) is 0.808. The van der Waals surface area contributed by atoms with Gasteiger partial charge in [-0.3, -0.25) is 4.79 Å². The van der Waals surface area contributed by atoms with E-state index >= 15 is 0 Å². The number of likely N-dealkylation sites (tertiary alicyclic amines) is 1. The fourth-order valence-electron chi connectivity index (χ4n) is 2.28. The zero-order chi connectivity index (χ0) is 14.3. The number of oxazole rings is 1. The average Bonchev–Trinajstić information content (AvgIpc) is 3.05. The van der Waals surface area contributed by atoms with Crippen molar-refractivity contribution in [2.75, 3.05) is 13.1 Å². The number of carbonyl (C=O) groups is 1. The molecule has 0 aliphatic carbocycles. The molecule has 1 amide bonds. The first-order valence-electron chi connectivity index (χ1n) is 6.22. The van der Waals surface area contributed by atoms with Gasteiger partial charge in [-0.25, -0.2) is 4.98 Å². The van der Waals surface area contributed by atoms with Crippen molar-refractivity contribution in [2.24, 2.45) is 0 Å². The minimum atomic E-state index is -4.63. The van der Waals surface area contributed by atoms with Crippen molar-refractivity contribution in [3.8, 4) is 0 Å². The minimum Gasteiger partial charge on any atom is -0.433 e. The van der Waals surface area contributed by atoms with Gasteiger partial charge in [-0.1, -0.05) is 0 Å². The third kappa shape index (κ3) is 2.23. The van der Waals surface area contributed by atoms with E-state index in [4.69, 9.17) is 0 Å². The fraction of sp³-hybridized carbons (Fsp3) is 0.385. The van der Waals surface area contributed by atoms with Gasteiger partial charge in [-0.15, -0.1) is 0 Å². The van der Waals surface area contributed by atoms with Crippen LogP contribution in [0.2, 0.25) is 0 Å². The van der Waals surface area contributed by atoms with Crippen LogP contribution in [0.15, 0.2) is 22.6 Å². The maximum Gasteiger partial charge on any atom is 0.468 e. The molecule has 0 radical (unpaired) electrons. The predicted octanol–water partition coefficient (Wildman–Crippen LogP) is 3.08. The molecule has 1 aromatic carbocycles. The molecule has 0 N–H and O–H groups in total. The van der Waals surface area contributed by atoms with E-state index < -0.39 is 12.1 Å². The molecule has 4 nitrogen and oxygen atoms in total. The van der Waals surface area contributed by atoms with Crippen LogP contribution in [0, 0.1) is 0 Å². The van der Waals surface area contributed by atoms with E-state index in [-0.39, 0.29) is 17.0 Å². The van der Waals surface area contributed by atoms with E-state index in [2.05, 4.69) is 9.40 Å². The monoisotopic (exact) mass is 284 g/mol. The number of fused-ring (bicyclic) bond motifs is 1. The van der Waals surface area contributed by atoms with E-state index in [1.165, 1.54) is 18.2 Å². The lowest BCUT2D eigenvalue weighted by Crippen LogP contribution is -2.27. The van der Waals surface area contributed by atoms with Gasteiger partial charge in [0.05, 0.1) is 0 Å². The summed E-state index contributed by atoms with van der Waals surface area (Å²) in [6.45, 7) is 1.36. The number of rotatable bonds is 1. The number of aromatic nitrogens is 1. The Balaban J connectivity index is 1.96. The second kappa shape index (κ2) is 4.50. The van der Waals surface area contributed by atoms with E-state index in [1.54, 1.807) is 4.90 Å². The standard InChI is InChI=1S/C13H11F3N2O2/c14-13(15,16)12-17-9-4-3-8(7-10(9)20-12)11(19)18-5-1-2-6-18/h3-4,7H,1-2,5-6H2. The number of nitrogens with zero attached hydrogens (tertiary/aromatic N) is 2. The molecule has 3 rings (SSSR count). The lowest BCUT2D eigenvalue weighted by molar-refractivity contribution is -0.156. The van der Waals surface area contributed by atoms with Crippen molar-refractivity contribution < 1.29 is 22.4 Å². The minimum absolute atomic E-state index is 0.0256. The van der Waals surface area contributed by atoms with Crippen LogP contribution in [0.25, 0.3) is 11.1 Å². The SMILES string of the molecule is O=C(c1ccc2nc(C(F)(F)F)oc2c1)N1CCCC1. The Labute approximate surface area is 112 Å². The summed E-state index contributed by atoms with van der Waals surface area (Å²) < 4.78 is 42.2. The Morgan fingerprint density at radius 3 is 2.60 bits per heavy atom. The first kappa shape index (κ1) is 13.0. The molecule has 7 heteroatoms. The van der Waals surface area contributed by atoms with Gasteiger partial charge in [0.2, 0.25) is 0 Å². The lowest BCUT2D eigenvalue weighted by atomic mass is 10.2. The highest BCUT2D eigenvalue weighted by Crippen LogP contribution is 2.31. The van der Waals surface area contributed by atoms with Crippen molar-refractivity contribution in [3.63, 3.8) is 0 Å². The second-order valence-corrected chi connectivity index (χ2v) is 4.70. The molecule has 2 heterocycles. The first-order valence-corrected chi connectivity index (χ1v) is 6.22. The summed E-state index contributed by atoms with van der Waals surface area (Å²) in [7, 11) is 0. The maximum absolute atomic E-state index is 12.5. The maximum atomic E-state index is 12.5. The number of alkyl halides is 3. The van der Waals surface area contributed by atoms with Crippen LogP contribution in [-0.2, 0) is 6.18 Å². The molecule has 2 aromatic rings. The highest BCUT2D eigenvalue weighted by molar-refractivity contribution is 5.97. The predicted molar refractivity (Wildman–Crippen MR) is 64.1 cm³/mol. The third-order valence-corrected chi connectivity index (χ3v) is 3.27. The molecule has 1 aliphatic heterocycles. The van der Waals surface area contributed by atoms with Crippen LogP contribution in [0.5, 0.6) is 0 Å². The van der Waals surface area contributed by atoms with Gasteiger partial charge in [0.25, 0.3) is 5.91 Å². The molecule has 1 aromatic heterocycles. The number of hydrogen-bond donors (Lipinski definition) is 0. The van der Waals surface area contributed by atoms with Crippen LogP contribution in [0.1, 0.15) is 29.1 Å². The Hall–Kier alpha value is -2.05. The molecule has 0 spiro atoms. The van der Waals surface area contributed by atoms with Gasteiger partial charge in [-0.05, 0) is 31.0 Å². The van der Waals surface area contributed by atoms with E-state index in [1.807, 2.05) is 0 Å². The highest BCUT2D eigenvalue weighted by Gasteiger charge is 2.37.